The van der Waals surface area contributed by atoms with E-state index in [1.807, 2.05) is 30.3 Å². The van der Waals surface area contributed by atoms with E-state index in [1.165, 1.54) is 0 Å². The summed E-state index contributed by atoms with van der Waals surface area (Å²) in [6.07, 6.45) is 0.538. The van der Waals surface area contributed by atoms with Gasteiger partial charge in [0, 0.05) is 23.7 Å². The average Bonchev–Trinajstić information content (AvgIpc) is 2.75. The van der Waals surface area contributed by atoms with Crippen LogP contribution in [0.15, 0.2) is 59.4 Å². The minimum atomic E-state index is -0.902. The van der Waals surface area contributed by atoms with Crippen LogP contribution in [0, 0.1) is 0 Å². The molecule has 0 spiro atoms. The van der Waals surface area contributed by atoms with Crippen LogP contribution in [0.2, 0.25) is 5.02 Å². The van der Waals surface area contributed by atoms with Gasteiger partial charge in [0.15, 0.2) is 0 Å². The molecule has 158 valence electrons. The van der Waals surface area contributed by atoms with E-state index in [4.69, 9.17) is 11.6 Å². The van der Waals surface area contributed by atoms with Crippen molar-refractivity contribution in [1.82, 2.24) is 15.3 Å². The van der Waals surface area contributed by atoms with Gasteiger partial charge in [0.25, 0.3) is 5.56 Å². The van der Waals surface area contributed by atoms with Crippen LogP contribution < -0.4 is 21.5 Å². The molecule has 2 aromatic carbocycles. The molecule has 3 aromatic rings. The molecule has 0 bridgehead atoms. The first kappa shape index (κ1) is 20.6. The summed E-state index contributed by atoms with van der Waals surface area (Å²) in [5.41, 5.74) is 1.41. The Labute approximate surface area is 183 Å². The first-order valence-electron chi connectivity index (χ1n) is 9.78. The molecule has 1 atom stereocenters. The number of carbonyl (C=O) groups is 2. The maximum atomic E-state index is 12.8. The molecule has 4 N–H and O–H groups in total. The van der Waals surface area contributed by atoms with Crippen LogP contribution in [0.3, 0.4) is 0 Å². The Bertz CT molecular complexity index is 1160. The van der Waals surface area contributed by atoms with Gasteiger partial charge in [-0.15, -0.1) is 0 Å². The molecular weight excluding hydrogens is 418 g/mol. The number of H-pyrrole nitrogens is 1. The van der Waals surface area contributed by atoms with Crippen molar-refractivity contribution < 1.29 is 9.59 Å². The monoisotopic (exact) mass is 437 g/mol. The summed E-state index contributed by atoms with van der Waals surface area (Å²) < 4.78 is 0. The average molecular weight is 438 g/mol. The van der Waals surface area contributed by atoms with Gasteiger partial charge in [-0.3, -0.25) is 19.4 Å². The summed E-state index contributed by atoms with van der Waals surface area (Å²) in [4.78, 5) is 44.6. The van der Waals surface area contributed by atoms with Crippen molar-refractivity contribution in [2.24, 2.45) is 0 Å². The molecule has 0 aliphatic carbocycles. The number of nitrogens with one attached hydrogen (secondary N) is 4. The molecule has 31 heavy (non-hydrogen) atoms. The van der Waals surface area contributed by atoms with Gasteiger partial charge in [0.2, 0.25) is 17.8 Å². The second-order valence-corrected chi connectivity index (χ2v) is 7.58. The normalized spacial score (nSPS) is 15.0. The van der Waals surface area contributed by atoms with Gasteiger partial charge in [-0.05, 0) is 36.2 Å². The van der Waals surface area contributed by atoms with Crippen LogP contribution in [0.5, 0.6) is 0 Å². The lowest BCUT2D eigenvalue weighted by Crippen LogP contribution is -2.39. The zero-order chi connectivity index (χ0) is 21.8. The topological polar surface area (TPSA) is 116 Å². The summed E-state index contributed by atoms with van der Waals surface area (Å²) in [6, 6.07) is 16.6. The number of hydrogen-bond acceptors (Lipinski definition) is 5. The van der Waals surface area contributed by atoms with Crippen molar-refractivity contribution in [2.75, 3.05) is 17.2 Å². The van der Waals surface area contributed by atoms with Gasteiger partial charge in [0.1, 0.15) is 5.82 Å². The Hall–Kier alpha value is -3.65. The van der Waals surface area contributed by atoms with Crippen LogP contribution in [-0.2, 0) is 16.0 Å². The lowest BCUT2D eigenvalue weighted by Gasteiger charge is -2.23. The molecule has 2 heterocycles. The van der Waals surface area contributed by atoms with E-state index in [0.29, 0.717) is 23.7 Å². The summed E-state index contributed by atoms with van der Waals surface area (Å²) >= 11 is 5.88. The van der Waals surface area contributed by atoms with Gasteiger partial charge in [-0.2, -0.15) is 4.98 Å². The maximum absolute atomic E-state index is 12.8. The van der Waals surface area contributed by atoms with Crippen LogP contribution >= 0.6 is 11.6 Å². The zero-order valence-electron chi connectivity index (χ0n) is 16.4. The highest BCUT2D eigenvalue weighted by atomic mass is 35.5. The fraction of sp³-hybridized carbons (Fsp3) is 0.182. The number of hydrogen-bond donors (Lipinski definition) is 4. The number of carbonyl (C=O) groups excluding carboxylic acids is 2. The minimum absolute atomic E-state index is 0.0830. The molecule has 0 radical (unpaired) electrons. The number of nitrogens with zero attached hydrogens (tertiary/aromatic N) is 1. The van der Waals surface area contributed by atoms with E-state index in [-0.39, 0.29) is 35.6 Å². The van der Waals surface area contributed by atoms with E-state index in [9.17, 15) is 14.4 Å². The Morgan fingerprint density at radius 1 is 1.10 bits per heavy atom. The molecule has 2 amide bonds. The molecule has 0 saturated carbocycles. The fourth-order valence-electron chi connectivity index (χ4n) is 3.42. The Morgan fingerprint density at radius 3 is 2.58 bits per heavy atom. The molecule has 1 aromatic heterocycles. The molecule has 9 heteroatoms. The summed E-state index contributed by atoms with van der Waals surface area (Å²) in [5.74, 6) is -1.42. The Balaban J connectivity index is 1.51. The van der Waals surface area contributed by atoms with Gasteiger partial charge in [-0.1, -0.05) is 41.9 Å². The molecule has 0 unspecified atom stereocenters. The van der Waals surface area contributed by atoms with E-state index in [2.05, 4.69) is 25.9 Å². The maximum Gasteiger partial charge on any atom is 0.258 e. The second-order valence-electron chi connectivity index (χ2n) is 7.14. The smallest absolute Gasteiger partial charge is 0.258 e. The van der Waals surface area contributed by atoms with Crippen LogP contribution in [0.25, 0.3) is 0 Å². The van der Waals surface area contributed by atoms with Gasteiger partial charge >= 0.3 is 0 Å². The number of benzene rings is 2. The van der Waals surface area contributed by atoms with Crippen molar-refractivity contribution in [2.45, 2.75) is 18.8 Å². The standard InChI is InChI=1S/C22H20ClN5O3/c23-14-6-8-15(9-7-14)25-22-27-19-18(21(31)28-22)16(12-17(29)26-19)20(30)24-11-10-13-4-2-1-3-5-13/h1-9,16H,10-12H2,(H,24,30)(H3,25,26,27,28,29,31)/t16-/m0/s1. The predicted molar refractivity (Wildman–Crippen MR) is 119 cm³/mol. The highest BCUT2D eigenvalue weighted by Gasteiger charge is 2.34. The highest BCUT2D eigenvalue weighted by Crippen LogP contribution is 2.29. The highest BCUT2D eigenvalue weighted by molar-refractivity contribution is 6.30. The number of rotatable bonds is 6. The molecule has 8 nitrogen and oxygen atoms in total. The summed E-state index contributed by atoms with van der Waals surface area (Å²) in [5, 5.41) is 8.94. The van der Waals surface area contributed by atoms with E-state index >= 15 is 0 Å². The largest absolute Gasteiger partial charge is 0.355 e. The summed E-state index contributed by atoms with van der Waals surface area (Å²) in [7, 11) is 0. The quantitative estimate of drug-likeness (QED) is 0.473. The first-order valence-corrected chi connectivity index (χ1v) is 10.2. The SMILES string of the molecule is O=C1C[C@H](C(=O)NCCc2ccccc2)c2c(nc(Nc3ccc(Cl)cc3)[nH]c2=O)N1. The predicted octanol–water partition coefficient (Wildman–Crippen LogP) is 2.95. The van der Waals surface area contributed by atoms with Crippen LogP contribution in [0.4, 0.5) is 17.5 Å². The molecule has 4 rings (SSSR count). The lowest BCUT2D eigenvalue weighted by atomic mass is 9.92. The van der Waals surface area contributed by atoms with Crippen LogP contribution in [-0.4, -0.2) is 28.3 Å². The first-order chi connectivity index (χ1) is 15.0. The number of fused-ring (bicyclic) bond motifs is 1. The van der Waals surface area contributed by atoms with Crippen molar-refractivity contribution in [3.63, 3.8) is 0 Å². The van der Waals surface area contributed by atoms with Crippen molar-refractivity contribution >= 4 is 40.9 Å². The Morgan fingerprint density at radius 2 is 1.84 bits per heavy atom. The third-order valence-corrected chi connectivity index (χ3v) is 5.18. The molecule has 0 saturated heterocycles. The number of halogens is 1. The fourth-order valence-corrected chi connectivity index (χ4v) is 3.55. The molecular formula is C22H20ClN5O3. The molecule has 1 aliphatic rings. The number of amides is 2. The number of anilines is 3. The van der Waals surface area contributed by atoms with E-state index in [0.717, 1.165) is 5.56 Å². The van der Waals surface area contributed by atoms with E-state index < -0.39 is 11.5 Å². The van der Waals surface area contributed by atoms with Crippen molar-refractivity contribution in [1.29, 1.82) is 0 Å². The lowest BCUT2D eigenvalue weighted by molar-refractivity contribution is -0.126. The van der Waals surface area contributed by atoms with Crippen molar-refractivity contribution in [3.8, 4) is 0 Å². The third-order valence-electron chi connectivity index (χ3n) is 4.93. The van der Waals surface area contributed by atoms with Gasteiger partial charge in [0.05, 0.1) is 11.5 Å². The zero-order valence-corrected chi connectivity index (χ0v) is 17.2. The summed E-state index contributed by atoms with van der Waals surface area (Å²) in [6.45, 7) is 0.401. The molecule has 0 fully saturated rings. The molecule has 1 aliphatic heterocycles. The van der Waals surface area contributed by atoms with E-state index in [1.54, 1.807) is 24.3 Å². The number of aromatic amines is 1. The Kier molecular flexibility index (Phi) is 5.99. The van der Waals surface area contributed by atoms with Crippen LogP contribution in [0.1, 0.15) is 23.5 Å². The van der Waals surface area contributed by atoms with Gasteiger partial charge < -0.3 is 16.0 Å². The second kappa shape index (κ2) is 9.01. The number of aromatic nitrogens is 2. The third kappa shape index (κ3) is 4.92. The van der Waals surface area contributed by atoms with Gasteiger partial charge in [-0.25, -0.2) is 0 Å². The van der Waals surface area contributed by atoms with Crippen molar-refractivity contribution in [3.05, 3.63) is 81.1 Å². The minimum Gasteiger partial charge on any atom is -0.355 e.